The first-order valence-electron chi connectivity index (χ1n) is 18.4. The second-order valence-corrected chi connectivity index (χ2v) is 23.6. The number of unbranched alkanes of at least 4 members (excludes halogenated alkanes) is 27. The van der Waals surface area contributed by atoms with E-state index in [0.29, 0.717) is 0 Å². The Hall–Kier alpha value is 0.947. The van der Waals surface area contributed by atoms with E-state index < -0.39 is 5.57 Å². The second-order valence-electron chi connectivity index (χ2n) is 12.9. The molecule has 0 heterocycles. The Morgan fingerprint density at radius 2 is 0.421 bits per heavy atom. The van der Waals surface area contributed by atoms with Gasteiger partial charge in [0, 0.05) is 0 Å². The topological polar surface area (TPSA) is 0 Å². The molecule has 0 unspecified atom stereocenters. The average Bonchev–Trinajstić information content (AvgIpc) is 2.92. The maximum atomic E-state index is 3.08. The molecule has 38 heavy (non-hydrogen) atoms. The molecule has 0 amide bonds. The fourth-order valence-corrected chi connectivity index (χ4v) is 13.0. The fraction of sp³-hybridized carbons (Fsp3) is 1.00. The van der Waals surface area contributed by atoms with E-state index >= 15 is 0 Å². The first-order valence-corrected chi connectivity index (χ1v) is 24.1. The minimum absolute atomic E-state index is 1.05. The maximum Gasteiger partial charge on any atom is 0.125 e. The van der Waals surface area contributed by atoms with Crippen LogP contribution in [0.3, 0.4) is 0 Å². The van der Waals surface area contributed by atoms with Gasteiger partial charge in [0.15, 0.2) is 0 Å². The molecule has 0 aliphatic carbocycles. The van der Waals surface area contributed by atoms with E-state index in [-0.39, 0.29) is 0 Å². The highest BCUT2D eigenvalue weighted by Gasteiger charge is 2.27. The summed E-state index contributed by atoms with van der Waals surface area (Å²) in [6, 6.07) is 4.87. The summed E-state index contributed by atoms with van der Waals surface area (Å²) in [6.45, 7) is 6.97. The van der Waals surface area contributed by atoms with Crippen LogP contribution in [0.5, 0.6) is 0 Å². The molecule has 0 atom stereocenters. The normalized spacial score (nSPS) is 12.0. The zero-order chi connectivity index (χ0) is 27.8. The van der Waals surface area contributed by atoms with Crippen molar-refractivity contribution >= 4 is 27.4 Å². The average molecular weight is 663 g/mol. The summed E-state index contributed by atoms with van der Waals surface area (Å²) in [6.07, 6.45) is 44.4. The van der Waals surface area contributed by atoms with Gasteiger partial charge in [-0.2, -0.15) is 0 Å². The van der Waals surface area contributed by atoms with Crippen molar-refractivity contribution < 1.29 is 0 Å². The first-order chi connectivity index (χ1) is 18.7. The van der Waals surface area contributed by atoms with Gasteiger partial charge in [-0.3, -0.25) is 0 Å². The van der Waals surface area contributed by atoms with E-state index in [1.165, 1.54) is 173 Å². The van der Waals surface area contributed by atoms with Crippen molar-refractivity contribution in [2.24, 2.45) is 0 Å². The summed E-state index contributed by atoms with van der Waals surface area (Å²) in [4.78, 5) is 0. The van der Waals surface area contributed by atoms with Gasteiger partial charge in [0.25, 0.3) is 0 Å². The lowest BCUT2D eigenvalue weighted by molar-refractivity contribution is 0.557. The molecule has 230 valence electrons. The molecule has 2 heteroatoms. The van der Waals surface area contributed by atoms with E-state index in [4.69, 9.17) is 0 Å². The molecule has 0 nitrogen and oxygen atoms in total. The summed E-state index contributed by atoms with van der Waals surface area (Å²) in [5, 5.41) is 0. The molecule has 0 fully saturated rings. The summed E-state index contributed by atoms with van der Waals surface area (Å²) in [5.41, 5.74) is -1.05. The van der Waals surface area contributed by atoms with E-state index in [1.54, 1.807) is 37.4 Å². The zero-order valence-corrected chi connectivity index (χ0v) is 30.4. The van der Waals surface area contributed by atoms with Gasteiger partial charge >= 0.3 is 0 Å². The lowest BCUT2D eigenvalue weighted by Gasteiger charge is -2.25. The Bertz CT molecular complexity index is 364. The molecule has 0 aromatic rings. The van der Waals surface area contributed by atoms with Crippen molar-refractivity contribution in [3.05, 3.63) is 0 Å². The highest BCUT2D eigenvalue weighted by molar-refractivity contribution is 14.1. The van der Waals surface area contributed by atoms with Gasteiger partial charge in [0.05, 0.1) is 0 Å². The summed E-state index contributed by atoms with van der Waals surface area (Å²) in [7, 11) is 0. The van der Waals surface area contributed by atoms with Crippen molar-refractivity contribution in [1.82, 2.24) is 0 Å². The SMILES string of the molecule is CCCCCCCCCCCC[Si](I)(CCCCCCCCCCCC)CCCCCCCCCCCC. The zero-order valence-electron chi connectivity index (χ0n) is 27.2. The highest BCUT2D eigenvalue weighted by Crippen LogP contribution is 2.35. The smallest absolute Gasteiger partial charge is 0.119 e. The van der Waals surface area contributed by atoms with Gasteiger partial charge in [0.2, 0.25) is 0 Å². The molecular weight excluding hydrogens is 587 g/mol. The Morgan fingerprint density at radius 1 is 0.263 bits per heavy atom. The van der Waals surface area contributed by atoms with Crippen LogP contribution in [0.1, 0.15) is 213 Å². The van der Waals surface area contributed by atoms with E-state index in [1.807, 2.05) is 0 Å². The fourth-order valence-electron chi connectivity index (χ4n) is 6.16. The highest BCUT2D eigenvalue weighted by atomic mass is 127. The van der Waals surface area contributed by atoms with Gasteiger partial charge in [-0.1, -0.05) is 213 Å². The minimum atomic E-state index is -1.05. The van der Waals surface area contributed by atoms with Gasteiger partial charge in [-0.15, -0.1) is 21.8 Å². The molecule has 0 N–H and O–H groups in total. The largest absolute Gasteiger partial charge is 0.125 e. The summed E-state index contributed by atoms with van der Waals surface area (Å²) in [5.74, 6) is 0. The number of halogens is 1. The quantitative estimate of drug-likeness (QED) is 0.0284. The third-order valence-electron chi connectivity index (χ3n) is 8.94. The molecule has 0 radical (unpaired) electrons. The first kappa shape index (κ1) is 38.9. The number of rotatable bonds is 33. The Kier molecular flexibility index (Phi) is 33.3. The minimum Gasteiger partial charge on any atom is -0.119 e. The predicted octanol–water partition coefficient (Wildman–Crippen LogP) is 15.1. The molecule has 0 aliphatic heterocycles. The van der Waals surface area contributed by atoms with Crippen LogP contribution in [0.4, 0.5) is 0 Å². The van der Waals surface area contributed by atoms with Gasteiger partial charge in [0.1, 0.15) is 5.57 Å². The van der Waals surface area contributed by atoms with Gasteiger partial charge in [-0.25, -0.2) is 0 Å². The molecule has 0 saturated carbocycles. The third-order valence-corrected chi connectivity index (χ3v) is 17.5. The standard InChI is InChI=1S/C36H75ISi/c1-4-7-10-13-16-19-22-25-28-31-34-38(37,35-32-29-26-23-20-17-14-11-8-5-2)36-33-30-27-24-21-18-15-12-9-6-3/h4-36H2,1-3H3. The molecule has 0 aliphatic rings. The van der Waals surface area contributed by atoms with Crippen LogP contribution in [-0.2, 0) is 0 Å². The monoisotopic (exact) mass is 662 g/mol. The van der Waals surface area contributed by atoms with Crippen molar-refractivity contribution in [1.29, 1.82) is 0 Å². The van der Waals surface area contributed by atoms with Crippen LogP contribution in [0, 0.1) is 0 Å². The van der Waals surface area contributed by atoms with Crippen LogP contribution < -0.4 is 0 Å². The van der Waals surface area contributed by atoms with Crippen LogP contribution in [0.25, 0.3) is 0 Å². The van der Waals surface area contributed by atoms with Crippen molar-refractivity contribution in [2.75, 3.05) is 0 Å². The third kappa shape index (κ3) is 29.9. The summed E-state index contributed by atoms with van der Waals surface area (Å²) >= 11 is 3.08. The molecular formula is C36H75ISi. The maximum absolute atomic E-state index is 3.08. The van der Waals surface area contributed by atoms with Gasteiger partial charge < -0.3 is 0 Å². The van der Waals surface area contributed by atoms with Crippen LogP contribution in [0.15, 0.2) is 0 Å². The molecule has 0 aromatic carbocycles. The molecule has 0 spiro atoms. The summed E-state index contributed by atoms with van der Waals surface area (Å²) < 4.78 is 0. The van der Waals surface area contributed by atoms with E-state index in [0.717, 1.165) is 0 Å². The second kappa shape index (κ2) is 32.5. The molecule has 0 rings (SSSR count). The predicted molar refractivity (Wildman–Crippen MR) is 190 cm³/mol. The van der Waals surface area contributed by atoms with Crippen LogP contribution in [-0.4, -0.2) is 5.57 Å². The van der Waals surface area contributed by atoms with Crippen molar-refractivity contribution in [2.45, 2.75) is 232 Å². The number of hydrogen-bond donors (Lipinski definition) is 0. The van der Waals surface area contributed by atoms with Gasteiger partial charge in [-0.05, 0) is 18.1 Å². The van der Waals surface area contributed by atoms with Crippen LogP contribution >= 0.6 is 21.8 Å². The molecule has 0 saturated heterocycles. The Morgan fingerprint density at radius 3 is 0.605 bits per heavy atom. The lowest BCUT2D eigenvalue weighted by atomic mass is 10.1. The van der Waals surface area contributed by atoms with Crippen LogP contribution in [0.2, 0.25) is 18.1 Å². The van der Waals surface area contributed by atoms with E-state index in [2.05, 4.69) is 42.6 Å². The Labute approximate surface area is 257 Å². The van der Waals surface area contributed by atoms with Crippen molar-refractivity contribution in [3.8, 4) is 0 Å². The molecule has 0 bridgehead atoms. The lowest BCUT2D eigenvalue weighted by Crippen LogP contribution is -2.25. The number of hydrogen-bond acceptors (Lipinski definition) is 0. The molecule has 0 aromatic heterocycles. The Balaban J connectivity index is 4.06. The van der Waals surface area contributed by atoms with Crippen molar-refractivity contribution in [3.63, 3.8) is 0 Å². The van der Waals surface area contributed by atoms with E-state index in [9.17, 15) is 0 Å².